The summed E-state index contributed by atoms with van der Waals surface area (Å²) in [4.78, 5) is 4.49. The summed E-state index contributed by atoms with van der Waals surface area (Å²) in [5.41, 5.74) is 0. The van der Waals surface area contributed by atoms with Gasteiger partial charge in [-0.05, 0) is 33.1 Å². The molecule has 0 aliphatic carbocycles. The van der Waals surface area contributed by atoms with Crippen molar-refractivity contribution in [3.8, 4) is 0 Å². The van der Waals surface area contributed by atoms with Crippen LogP contribution in [0.1, 0.15) is 33.1 Å². The molecule has 1 aromatic heterocycles. The maximum atomic E-state index is 4.34. The van der Waals surface area contributed by atoms with Crippen LogP contribution in [0.25, 0.3) is 0 Å². The van der Waals surface area contributed by atoms with Gasteiger partial charge in [0.2, 0.25) is 11.9 Å². The van der Waals surface area contributed by atoms with E-state index in [0.717, 1.165) is 25.0 Å². The summed E-state index contributed by atoms with van der Waals surface area (Å²) in [6.07, 6.45) is 3.87. The first-order valence-electron chi connectivity index (χ1n) is 6.48. The summed E-state index contributed by atoms with van der Waals surface area (Å²) in [6.45, 7) is 6.54. The highest BCUT2D eigenvalue weighted by molar-refractivity contribution is 5.85. The van der Waals surface area contributed by atoms with Gasteiger partial charge in [0.1, 0.15) is 0 Å². The van der Waals surface area contributed by atoms with Gasteiger partial charge in [0.25, 0.3) is 0 Å². The normalized spacial score (nSPS) is 15.7. The highest BCUT2D eigenvalue weighted by Crippen LogP contribution is 2.21. The highest BCUT2D eigenvalue weighted by Gasteiger charge is 2.20. The third-order valence-corrected chi connectivity index (χ3v) is 3.56. The fourth-order valence-electron chi connectivity index (χ4n) is 2.22. The van der Waals surface area contributed by atoms with Crippen molar-refractivity contribution in [2.24, 2.45) is 7.05 Å². The number of aromatic nitrogens is 3. The second kappa shape index (κ2) is 6.27. The minimum Gasteiger partial charge on any atom is -0.342 e. The second-order valence-electron chi connectivity index (χ2n) is 5.11. The van der Waals surface area contributed by atoms with Gasteiger partial charge in [0.05, 0.1) is 0 Å². The Kier molecular flexibility index (Phi) is 5.26. The van der Waals surface area contributed by atoms with E-state index < -0.39 is 0 Å². The number of hydrogen-bond donors (Lipinski definition) is 0. The molecule has 0 radical (unpaired) electrons. The van der Waals surface area contributed by atoms with Crippen molar-refractivity contribution in [2.75, 3.05) is 29.9 Å². The van der Waals surface area contributed by atoms with E-state index in [9.17, 15) is 0 Å². The molecule has 5 nitrogen and oxygen atoms in total. The third kappa shape index (κ3) is 2.88. The first-order chi connectivity index (χ1) is 8.11. The van der Waals surface area contributed by atoms with Gasteiger partial charge >= 0.3 is 0 Å². The molecule has 0 amide bonds. The van der Waals surface area contributed by atoms with Crippen LogP contribution < -0.4 is 9.80 Å². The molecule has 1 aliphatic heterocycles. The lowest BCUT2D eigenvalue weighted by atomic mass is 10.1. The lowest BCUT2D eigenvalue weighted by molar-refractivity contribution is 0.561. The Balaban J connectivity index is 0.00000162. The van der Waals surface area contributed by atoms with Gasteiger partial charge in [-0.15, -0.1) is 22.6 Å². The molecular weight excluding hydrogens is 250 g/mol. The predicted molar refractivity (Wildman–Crippen MR) is 77.9 cm³/mol. The Morgan fingerprint density at radius 3 is 2.28 bits per heavy atom. The molecule has 0 bridgehead atoms. The van der Waals surface area contributed by atoms with Gasteiger partial charge in [-0.1, -0.05) is 0 Å². The SMILES string of the molecule is CC(C)N(C)c1nnc(N2CCCCC2)n1C.Cl. The molecular formula is C12H24ClN5. The van der Waals surface area contributed by atoms with Crippen molar-refractivity contribution in [1.82, 2.24) is 14.8 Å². The average Bonchev–Trinajstić information content (AvgIpc) is 2.71. The molecule has 1 aromatic rings. The zero-order valence-corrected chi connectivity index (χ0v) is 12.6. The molecule has 18 heavy (non-hydrogen) atoms. The molecule has 2 heterocycles. The van der Waals surface area contributed by atoms with Gasteiger partial charge in [0, 0.05) is 33.2 Å². The maximum Gasteiger partial charge on any atom is 0.228 e. The third-order valence-electron chi connectivity index (χ3n) is 3.56. The number of halogens is 1. The maximum absolute atomic E-state index is 4.34. The van der Waals surface area contributed by atoms with Crippen molar-refractivity contribution >= 4 is 24.3 Å². The van der Waals surface area contributed by atoms with Crippen LogP contribution in [0.15, 0.2) is 0 Å². The van der Waals surface area contributed by atoms with Crippen LogP contribution in [-0.2, 0) is 7.05 Å². The van der Waals surface area contributed by atoms with Crippen molar-refractivity contribution in [3.05, 3.63) is 0 Å². The van der Waals surface area contributed by atoms with Crippen LogP contribution in [0.3, 0.4) is 0 Å². The predicted octanol–water partition coefficient (Wildman–Crippen LogP) is 2.07. The molecule has 104 valence electrons. The Morgan fingerprint density at radius 2 is 1.72 bits per heavy atom. The van der Waals surface area contributed by atoms with Gasteiger partial charge in [-0.3, -0.25) is 4.57 Å². The summed E-state index contributed by atoms with van der Waals surface area (Å²) in [6, 6.07) is 0.437. The number of anilines is 2. The summed E-state index contributed by atoms with van der Waals surface area (Å²) in [7, 11) is 4.12. The second-order valence-corrected chi connectivity index (χ2v) is 5.11. The standard InChI is InChI=1S/C12H23N5.ClH/c1-10(2)15(3)11-13-14-12(16(11)4)17-8-6-5-7-9-17;/h10H,5-9H2,1-4H3;1H. The summed E-state index contributed by atoms with van der Waals surface area (Å²) in [5, 5.41) is 8.65. The van der Waals surface area contributed by atoms with Gasteiger partial charge in [0.15, 0.2) is 0 Å². The summed E-state index contributed by atoms with van der Waals surface area (Å²) < 4.78 is 2.10. The number of piperidine rings is 1. The zero-order chi connectivity index (χ0) is 12.4. The summed E-state index contributed by atoms with van der Waals surface area (Å²) in [5.74, 6) is 1.95. The van der Waals surface area contributed by atoms with E-state index in [2.05, 4.69) is 52.5 Å². The molecule has 0 saturated carbocycles. The van der Waals surface area contributed by atoms with Crippen LogP contribution in [0.5, 0.6) is 0 Å². The molecule has 1 aliphatic rings. The smallest absolute Gasteiger partial charge is 0.228 e. The first-order valence-corrected chi connectivity index (χ1v) is 6.48. The highest BCUT2D eigenvalue weighted by atomic mass is 35.5. The number of nitrogens with zero attached hydrogens (tertiary/aromatic N) is 5. The Morgan fingerprint density at radius 1 is 1.11 bits per heavy atom. The Labute approximate surface area is 116 Å². The molecule has 0 spiro atoms. The Hall–Kier alpha value is -0.970. The minimum atomic E-state index is 0. The van der Waals surface area contributed by atoms with E-state index in [4.69, 9.17) is 0 Å². The van der Waals surface area contributed by atoms with E-state index in [1.165, 1.54) is 19.3 Å². The molecule has 2 rings (SSSR count). The van der Waals surface area contributed by atoms with E-state index in [1.807, 2.05) is 0 Å². The van der Waals surface area contributed by atoms with Crippen molar-refractivity contribution in [1.29, 1.82) is 0 Å². The first kappa shape index (κ1) is 15.1. The fraction of sp³-hybridized carbons (Fsp3) is 0.833. The molecule has 1 saturated heterocycles. The topological polar surface area (TPSA) is 37.2 Å². The van der Waals surface area contributed by atoms with E-state index >= 15 is 0 Å². The van der Waals surface area contributed by atoms with Crippen LogP contribution in [0.4, 0.5) is 11.9 Å². The molecule has 0 N–H and O–H groups in total. The van der Waals surface area contributed by atoms with Crippen LogP contribution >= 0.6 is 12.4 Å². The van der Waals surface area contributed by atoms with Gasteiger partial charge in [-0.2, -0.15) is 0 Å². The van der Waals surface area contributed by atoms with Crippen LogP contribution in [-0.4, -0.2) is 40.9 Å². The molecule has 1 fully saturated rings. The van der Waals surface area contributed by atoms with Crippen LogP contribution in [0.2, 0.25) is 0 Å². The van der Waals surface area contributed by atoms with Crippen molar-refractivity contribution in [3.63, 3.8) is 0 Å². The van der Waals surface area contributed by atoms with Crippen molar-refractivity contribution in [2.45, 2.75) is 39.2 Å². The quantitative estimate of drug-likeness (QED) is 0.845. The molecule has 0 aromatic carbocycles. The molecule has 0 unspecified atom stereocenters. The monoisotopic (exact) mass is 273 g/mol. The lowest BCUT2D eigenvalue weighted by Gasteiger charge is -2.28. The number of hydrogen-bond acceptors (Lipinski definition) is 4. The summed E-state index contributed by atoms with van der Waals surface area (Å²) >= 11 is 0. The van der Waals surface area contributed by atoms with E-state index in [0.29, 0.717) is 6.04 Å². The fourth-order valence-corrected chi connectivity index (χ4v) is 2.22. The minimum absolute atomic E-state index is 0. The average molecular weight is 274 g/mol. The molecule has 0 atom stereocenters. The lowest BCUT2D eigenvalue weighted by Crippen LogP contribution is -2.32. The van der Waals surface area contributed by atoms with E-state index in [-0.39, 0.29) is 12.4 Å². The van der Waals surface area contributed by atoms with Gasteiger partial charge < -0.3 is 9.80 Å². The van der Waals surface area contributed by atoms with Gasteiger partial charge in [-0.25, -0.2) is 0 Å². The van der Waals surface area contributed by atoms with Crippen molar-refractivity contribution < 1.29 is 0 Å². The zero-order valence-electron chi connectivity index (χ0n) is 11.8. The molecule has 6 heteroatoms. The Bertz CT molecular complexity index is 371. The van der Waals surface area contributed by atoms with Crippen LogP contribution in [0, 0.1) is 0 Å². The largest absolute Gasteiger partial charge is 0.342 e. The van der Waals surface area contributed by atoms with E-state index in [1.54, 1.807) is 0 Å². The number of rotatable bonds is 3.